The van der Waals surface area contributed by atoms with Crippen LogP contribution < -0.4 is 4.90 Å². The van der Waals surface area contributed by atoms with Gasteiger partial charge in [0.15, 0.2) is 0 Å². The van der Waals surface area contributed by atoms with Crippen LogP contribution in [0, 0.1) is 0 Å². The standard InChI is InChI=1S/C24H31N3O2/c28-24(29-19-20-11-4-3-5-12-20)27-18-9-6-14-22(27)21-13-10-15-25-23(21)26-16-7-1-2-8-17-26/h3-5,10-13,15,22H,1-2,6-9,14,16-19H2/t22-/m0/s1. The summed E-state index contributed by atoms with van der Waals surface area (Å²) in [5, 5.41) is 0. The number of likely N-dealkylation sites (tertiary alicyclic amines) is 1. The Kier molecular flexibility index (Phi) is 6.65. The van der Waals surface area contributed by atoms with Crippen LogP contribution in [0.1, 0.15) is 62.1 Å². The van der Waals surface area contributed by atoms with Crippen molar-refractivity contribution in [2.24, 2.45) is 0 Å². The second-order valence-corrected chi connectivity index (χ2v) is 8.06. The fourth-order valence-electron chi connectivity index (χ4n) is 4.49. The average molecular weight is 394 g/mol. The summed E-state index contributed by atoms with van der Waals surface area (Å²) in [5.41, 5.74) is 2.19. The van der Waals surface area contributed by atoms with E-state index in [-0.39, 0.29) is 12.1 Å². The number of hydrogen-bond donors (Lipinski definition) is 0. The maximum atomic E-state index is 13.0. The fraction of sp³-hybridized carbons (Fsp3) is 0.500. The summed E-state index contributed by atoms with van der Waals surface area (Å²) in [5.74, 6) is 1.06. The molecule has 5 heteroatoms. The monoisotopic (exact) mass is 393 g/mol. The van der Waals surface area contributed by atoms with Gasteiger partial charge in [-0.15, -0.1) is 0 Å². The molecule has 2 aliphatic heterocycles. The molecule has 0 N–H and O–H groups in total. The summed E-state index contributed by atoms with van der Waals surface area (Å²) in [7, 11) is 0. The second kappa shape index (κ2) is 9.77. The summed E-state index contributed by atoms with van der Waals surface area (Å²) in [6.07, 6.45) is 9.78. The maximum absolute atomic E-state index is 13.0. The van der Waals surface area contributed by atoms with Crippen molar-refractivity contribution in [1.82, 2.24) is 9.88 Å². The van der Waals surface area contributed by atoms with Gasteiger partial charge in [0, 0.05) is 31.4 Å². The highest BCUT2D eigenvalue weighted by Gasteiger charge is 2.32. The molecule has 0 radical (unpaired) electrons. The van der Waals surface area contributed by atoms with E-state index in [9.17, 15) is 4.79 Å². The molecule has 2 fully saturated rings. The Bertz CT molecular complexity index is 788. The first kappa shape index (κ1) is 19.7. The third kappa shape index (κ3) is 4.89. The first-order chi connectivity index (χ1) is 14.3. The Morgan fingerprint density at radius 2 is 1.69 bits per heavy atom. The number of ether oxygens (including phenoxy) is 1. The van der Waals surface area contributed by atoms with Gasteiger partial charge in [-0.05, 0) is 43.7 Å². The predicted molar refractivity (Wildman–Crippen MR) is 115 cm³/mol. The molecular formula is C24H31N3O2. The van der Waals surface area contributed by atoms with Crippen LogP contribution in [0.15, 0.2) is 48.7 Å². The van der Waals surface area contributed by atoms with Crippen LogP contribution in [0.3, 0.4) is 0 Å². The minimum Gasteiger partial charge on any atom is -0.445 e. The number of hydrogen-bond acceptors (Lipinski definition) is 4. The minimum absolute atomic E-state index is 0.0407. The molecule has 154 valence electrons. The van der Waals surface area contributed by atoms with Crippen LogP contribution in [0.4, 0.5) is 10.6 Å². The predicted octanol–water partition coefficient (Wildman–Crippen LogP) is 5.33. The molecule has 5 nitrogen and oxygen atoms in total. The molecule has 29 heavy (non-hydrogen) atoms. The molecule has 1 amide bonds. The fourth-order valence-corrected chi connectivity index (χ4v) is 4.49. The Balaban J connectivity index is 1.52. The summed E-state index contributed by atoms with van der Waals surface area (Å²) in [6, 6.07) is 14.1. The van der Waals surface area contributed by atoms with Gasteiger partial charge in [-0.1, -0.05) is 49.2 Å². The lowest BCUT2D eigenvalue weighted by Crippen LogP contribution is -2.40. The lowest BCUT2D eigenvalue weighted by atomic mass is 9.95. The topological polar surface area (TPSA) is 45.7 Å². The molecule has 0 spiro atoms. The number of amides is 1. The van der Waals surface area contributed by atoms with Crippen LogP contribution in [-0.2, 0) is 11.3 Å². The van der Waals surface area contributed by atoms with Gasteiger partial charge in [-0.3, -0.25) is 0 Å². The first-order valence-electron chi connectivity index (χ1n) is 11.0. The van der Waals surface area contributed by atoms with Gasteiger partial charge in [0.2, 0.25) is 0 Å². The van der Waals surface area contributed by atoms with Crippen molar-refractivity contribution in [1.29, 1.82) is 0 Å². The lowest BCUT2D eigenvalue weighted by molar-refractivity contribution is 0.0679. The van der Waals surface area contributed by atoms with E-state index in [0.717, 1.165) is 50.3 Å². The second-order valence-electron chi connectivity index (χ2n) is 8.06. The molecule has 3 heterocycles. The van der Waals surface area contributed by atoms with E-state index in [1.165, 1.54) is 31.2 Å². The maximum Gasteiger partial charge on any atom is 0.410 e. The number of piperidine rings is 1. The number of rotatable bonds is 4. The Labute approximate surface area is 173 Å². The highest BCUT2D eigenvalue weighted by molar-refractivity contribution is 5.69. The van der Waals surface area contributed by atoms with Crippen molar-refractivity contribution < 1.29 is 9.53 Å². The molecule has 0 bridgehead atoms. The van der Waals surface area contributed by atoms with Crippen LogP contribution >= 0.6 is 0 Å². The van der Waals surface area contributed by atoms with Gasteiger partial charge in [-0.2, -0.15) is 0 Å². The molecule has 0 aliphatic carbocycles. The van der Waals surface area contributed by atoms with Crippen molar-refractivity contribution in [3.05, 3.63) is 59.8 Å². The molecule has 1 atom stereocenters. The van der Waals surface area contributed by atoms with Gasteiger partial charge in [0.25, 0.3) is 0 Å². The molecule has 2 saturated heterocycles. The van der Waals surface area contributed by atoms with E-state index in [4.69, 9.17) is 9.72 Å². The number of anilines is 1. The molecular weight excluding hydrogens is 362 g/mol. The summed E-state index contributed by atoms with van der Waals surface area (Å²) in [6.45, 7) is 3.16. The number of carbonyl (C=O) groups excluding carboxylic acids is 1. The molecule has 1 aromatic heterocycles. The van der Waals surface area contributed by atoms with E-state index >= 15 is 0 Å². The first-order valence-corrected chi connectivity index (χ1v) is 11.0. The van der Waals surface area contributed by atoms with Crippen molar-refractivity contribution in [3.63, 3.8) is 0 Å². The molecule has 2 aromatic rings. The van der Waals surface area contributed by atoms with E-state index in [1.807, 2.05) is 47.5 Å². The number of carbonyl (C=O) groups is 1. The zero-order valence-corrected chi connectivity index (χ0v) is 17.1. The van der Waals surface area contributed by atoms with Crippen molar-refractivity contribution in [3.8, 4) is 0 Å². The van der Waals surface area contributed by atoms with E-state index in [2.05, 4.69) is 11.0 Å². The van der Waals surface area contributed by atoms with Gasteiger partial charge in [0.05, 0.1) is 6.04 Å². The highest BCUT2D eigenvalue weighted by atomic mass is 16.6. The van der Waals surface area contributed by atoms with Crippen LogP contribution in [-0.4, -0.2) is 35.6 Å². The summed E-state index contributed by atoms with van der Waals surface area (Å²) in [4.78, 5) is 22.1. The van der Waals surface area contributed by atoms with E-state index in [1.54, 1.807) is 0 Å². The van der Waals surface area contributed by atoms with Gasteiger partial charge in [0.1, 0.15) is 12.4 Å². The lowest BCUT2D eigenvalue weighted by Gasteiger charge is -2.37. The van der Waals surface area contributed by atoms with Gasteiger partial charge >= 0.3 is 6.09 Å². The number of nitrogens with zero attached hydrogens (tertiary/aromatic N) is 3. The molecule has 2 aliphatic rings. The smallest absolute Gasteiger partial charge is 0.410 e. The average Bonchev–Trinajstić information content (AvgIpc) is 3.08. The molecule has 0 saturated carbocycles. The van der Waals surface area contributed by atoms with Crippen molar-refractivity contribution in [2.75, 3.05) is 24.5 Å². The Morgan fingerprint density at radius 3 is 2.48 bits per heavy atom. The Morgan fingerprint density at radius 1 is 0.931 bits per heavy atom. The van der Waals surface area contributed by atoms with Crippen LogP contribution in [0.25, 0.3) is 0 Å². The van der Waals surface area contributed by atoms with Gasteiger partial charge < -0.3 is 14.5 Å². The number of benzene rings is 1. The highest BCUT2D eigenvalue weighted by Crippen LogP contribution is 2.36. The Hall–Kier alpha value is -2.56. The molecule has 1 aromatic carbocycles. The summed E-state index contributed by atoms with van der Waals surface area (Å²) >= 11 is 0. The molecule has 0 unspecified atom stereocenters. The third-order valence-corrected chi connectivity index (χ3v) is 6.02. The van der Waals surface area contributed by atoms with E-state index in [0.29, 0.717) is 6.61 Å². The normalized spacial score (nSPS) is 20.2. The molecule has 4 rings (SSSR count). The number of aromatic nitrogens is 1. The van der Waals surface area contributed by atoms with Crippen molar-refractivity contribution in [2.45, 2.75) is 57.6 Å². The van der Waals surface area contributed by atoms with Gasteiger partial charge in [-0.25, -0.2) is 9.78 Å². The number of pyridine rings is 1. The third-order valence-electron chi connectivity index (χ3n) is 6.02. The largest absolute Gasteiger partial charge is 0.445 e. The zero-order valence-electron chi connectivity index (χ0n) is 17.1. The zero-order chi connectivity index (χ0) is 19.9. The SMILES string of the molecule is O=C(OCc1ccccc1)N1CCCC[C@H]1c1cccnc1N1CCCCCC1. The minimum atomic E-state index is -0.218. The van der Waals surface area contributed by atoms with E-state index < -0.39 is 0 Å². The van der Waals surface area contributed by atoms with Crippen molar-refractivity contribution >= 4 is 11.9 Å². The van der Waals surface area contributed by atoms with Crippen LogP contribution in [0.5, 0.6) is 0 Å². The summed E-state index contributed by atoms with van der Waals surface area (Å²) < 4.78 is 5.68. The van der Waals surface area contributed by atoms with Crippen LogP contribution in [0.2, 0.25) is 0 Å². The quantitative estimate of drug-likeness (QED) is 0.705.